The van der Waals surface area contributed by atoms with Gasteiger partial charge in [0.05, 0.1) is 0 Å². The maximum atomic E-state index is 11.4. The van der Waals surface area contributed by atoms with Gasteiger partial charge in [0.15, 0.2) is 0 Å². The summed E-state index contributed by atoms with van der Waals surface area (Å²) in [5, 5.41) is 0. The molecule has 0 nitrogen and oxygen atoms in total. The third-order valence-electron chi connectivity index (χ3n) is 0.178. The van der Waals surface area contributed by atoms with E-state index < -0.39 is 4.12 Å². The molecule has 0 atom stereocenters. The summed E-state index contributed by atoms with van der Waals surface area (Å²) in [6.07, 6.45) is 1.73. The Bertz CT molecular complexity index is 27.5. The predicted octanol–water partition coefficient (Wildman–Crippen LogP) is 1.36. The Morgan fingerprint density at radius 2 is 2.00 bits per heavy atom. The molecule has 0 aromatic carbocycles. The van der Waals surface area contributed by atoms with Crippen LogP contribution in [0.5, 0.6) is 0 Å². The van der Waals surface area contributed by atoms with E-state index in [-0.39, 0.29) is 8.41 Å². The van der Waals surface area contributed by atoms with Gasteiger partial charge in [0.1, 0.15) is 0 Å². The van der Waals surface area contributed by atoms with E-state index in [0.717, 1.165) is 0 Å². The van der Waals surface area contributed by atoms with Gasteiger partial charge in [0, 0.05) is 8.41 Å². The number of hydrogen-bond acceptors (Lipinski definition) is 1. The number of hydrogen-bond donors (Lipinski definition) is 0. The number of halogens is 2. The highest BCUT2D eigenvalue weighted by atomic mass is 127. The second-order valence-corrected chi connectivity index (χ2v) is 3.32. The fourth-order valence-electron chi connectivity index (χ4n) is 0. The van der Waals surface area contributed by atoms with E-state index in [9.17, 15) is 4.32 Å². The molecule has 0 amide bonds. The van der Waals surface area contributed by atoms with Gasteiger partial charge in [-0.25, -0.2) is 0 Å². The van der Waals surface area contributed by atoms with Gasteiger partial charge in [-0.15, -0.1) is 0 Å². The maximum Gasteiger partial charge on any atom is 0.479 e. The van der Waals surface area contributed by atoms with Crippen molar-refractivity contribution in [3.8, 4) is 0 Å². The van der Waals surface area contributed by atoms with Gasteiger partial charge in [0.2, 0.25) is 0 Å². The largest absolute Gasteiger partial charge is 0.479 e. The SMILES string of the molecule is CSB(F)I.[B]. The van der Waals surface area contributed by atoms with Gasteiger partial charge in [-0.3, -0.25) is 0 Å². The van der Waals surface area contributed by atoms with E-state index in [1.54, 1.807) is 28.6 Å². The summed E-state index contributed by atoms with van der Waals surface area (Å²) in [5.74, 6) is 0. The Labute approximate surface area is 57.1 Å². The van der Waals surface area contributed by atoms with Crippen LogP contribution in [0.15, 0.2) is 0 Å². The van der Waals surface area contributed by atoms with Crippen molar-refractivity contribution in [2.75, 3.05) is 6.26 Å². The maximum absolute atomic E-state index is 11.4. The molecule has 0 aromatic rings. The minimum absolute atomic E-state index is 0. The summed E-state index contributed by atoms with van der Waals surface area (Å²) >= 11 is 2.90. The van der Waals surface area contributed by atoms with Gasteiger partial charge in [-0.2, -0.15) is 11.6 Å². The highest BCUT2D eigenvalue weighted by Gasteiger charge is 2.00. The van der Waals surface area contributed by atoms with Crippen molar-refractivity contribution in [1.82, 2.24) is 0 Å². The van der Waals surface area contributed by atoms with Gasteiger partial charge < -0.3 is 4.32 Å². The average molecular weight is 215 g/mol. The Balaban J connectivity index is 0. The molecule has 0 bridgehead atoms. The van der Waals surface area contributed by atoms with Crippen molar-refractivity contribution >= 4 is 46.5 Å². The lowest BCUT2D eigenvalue weighted by atomic mass is 10.6. The van der Waals surface area contributed by atoms with Crippen molar-refractivity contribution < 1.29 is 4.32 Å². The van der Waals surface area contributed by atoms with Crippen LogP contribution in [-0.4, -0.2) is 18.8 Å². The van der Waals surface area contributed by atoms with Crippen molar-refractivity contribution in [2.45, 2.75) is 0 Å². The first-order valence-electron chi connectivity index (χ1n) is 1.08. The summed E-state index contributed by atoms with van der Waals surface area (Å²) in [6.45, 7) is 0. The lowest BCUT2D eigenvalue weighted by Gasteiger charge is -1.77. The van der Waals surface area contributed by atoms with Crippen LogP contribution in [0, 0.1) is 0 Å². The van der Waals surface area contributed by atoms with Gasteiger partial charge in [-0.05, 0) is 6.26 Å². The summed E-state index contributed by atoms with van der Waals surface area (Å²) in [6, 6.07) is 0. The van der Waals surface area contributed by atoms with E-state index in [0.29, 0.717) is 0 Å². The van der Waals surface area contributed by atoms with Crippen LogP contribution >= 0.6 is 34.0 Å². The average Bonchev–Trinajstić information content (AvgIpc) is 1.38. The molecule has 5 heteroatoms. The first kappa shape index (κ1) is 10.2. The number of rotatable bonds is 1. The highest BCUT2D eigenvalue weighted by molar-refractivity contribution is 14.1. The van der Waals surface area contributed by atoms with E-state index in [1.807, 2.05) is 0 Å². The third-order valence-corrected chi connectivity index (χ3v) is 2.06. The van der Waals surface area contributed by atoms with Crippen molar-refractivity contribution in [1.29, 1.82) is 0 Å². The van der Waals surface area contributed by atoms with Crippen molar-refractivity contribution in [3.05, 3.63) is 0 Å². The molecule has 0 aliphatic rings. The van der Waals surface area contributed by atoms with Crippen LogP contribution < -0.4 is 0 Å². The minimum Gasteiger partial charge on any atom is -0.304 e. The first-order valence-corrected chi connectivity index (χ1v) is 3.61. The fraction of sp³-hybridized carbons (Fsp3) is 1.00. The Morgan fingerprint density at radius 1 is 1.83 bits per heavy atom. The summed E-state index contributed by atoms with van der Waals surface area (Å²) in [5.41, 5.74) is 0. The van der Waals surface area contributed by atoms with E-state index >= 15 is 0 Å². The Morgan fingerprint density at radius 3 is 2.00 bits per heavy atom. The summed E-state index contributed by atoms with van der Waals surface area (Å²) < 4.78 is 10.7. The molecule has 0 N–H and O–H groups in total. The normalized spacial score (nSPS) is 6.50. The van der Waals surface area contributed by atoms with Crippen molar-refractivity contribution in [3.63, 3.8) is 0 Å². The van der Waals surface area contributed by atoms with Crippen LogP contribution in [0.1, 0.15) is 0 Å². The second kappa shape index (κ2) is 6.14. The molecule has 0 saturated carbocycles. The molecular formula is CH3B2FIS. The molecule has 33 valence electrons. The van der Waals surface area contributed by atoms with Crippen LogP contribution in [0.3, 0.4) is 0 Å². The summed E-state index contributed by atoms with van der Waals surface area (Å²) in [7, 11) is 0. The zero-order chi connectivity index (χ0) is 4.28. The first-order chi connectivity index (χ1) is 2.27. The van der Waals surface area contributed by atoms with Crippen LogP contribution in [-0.2, 0) is 0 Å². The molecular weight excluding hydrogens is 212 g/mol. The Kier molecular flexibility index (Phi) is 10.4. The lowest BCUT2D eigenvalue weighted by molar-refractivity contribution is 0.892. The van der Waals surface area contributed by atoms with E-state index in [2.05, 4.69) is 0 Å². The van der Waals surface area contributed by atoms with Crippen LogP contribution in [0.4, 0.5) is 4.32 Å². The topological polar surface area (TPSA) is 0 Å². The fourth-order valence-corrected chi connectivity index (χ4v) is 0. The standard InChI is InChI=1S/CH3BFIS.B/c1-5-2(3)4;/h1H3;. The third kappa shape index (κ3) is 8.94. The van der Waals surface area contributed by atoms with Gasteiger partial charge in [0.25, 0.3) is 0 Å². The molecule has 3 radical (unpaired) electrons. The quantitative estimate of drug-likeness (QED) is 0.469. The van der Waals surface area contributed by atoms with Crippen LogP contribution in [0.2, 0.25) is 0 Å². The smallest absolute Gasteiger partial charge is 0.304 e. The Hall–Kier alpha value is 1.14. The lowest BCUT2D eigenvalue weighted by Crippen LogP contribution is -1.77. The van der Waals surface area contributed by atoms with Crippen molar-refractivity contribution in [2.24, 2.45) is 0 Å². The van der Waals surface area contributed by atoms with Gasteiger partial charge >= 0.3 is 4.12 Å². The summed E-state index contributed by atoms with van der Waals surface area (Å²) in [4.78, 5) is 0. The molecule has 0 aliphatic heterocycles. The molecule has 0 rings (SSSR count). The molecule has 0 saturated heterocycles. The molecule has 0 heterocycles. The van der Waals surface area contributed by atoms with E-state index in [4.69, 9.17) is 0 Å². The zero-order valence-corrected chi connectivity index (χ0v) is 6.29. The zero-order valence-electron chi connectivity index (χ0n) is 3.32. The van der Waals surface area contributed by atoms with Crippen LogP contribution in [0.25, 0.3) is 0 Å². The molecule has 0 unspecified atom stereocenters. The molecule has 0 spiro atoms. The predicted molar refractivity (Wildman–Crippen MR) is 40.2 cm³/mol. The minimum atomic E-state index is -0.729. The highest BCUT2D eigenvalue weighted by Crippen LogP contribution is 2.08. The molecule has 0 fully saturated rings. The molecule has 0 aliphatic carbocycles. The second-order valence-electron chi connectivity index (χ2n) is 0.496. The molecule has 0 aromatic heterocycles. The molecule has 6 heavy (non-hydrogen) atoms. The monoisotopic (exact) mass is 215 g/mol. The van der Waals surface area contributed by atoms with E-state index in [1.165, 1.54) is 11.6 Å². The van der Waals surface area contributed by atoms with Gasteiger partial charge in [-0.1, -0.05) is 22.4 Å².